The Morgan fingerprint density at radius 1 is 1.45 bits per heavy atom. The van der Waals surface area contributed by atoms with Gasteiger partial charge in [-0.25, -0.2) is 9.18 Å². The highest BCUT2D eigenvalue weighted by molar-refractivity contribution is 14.1. The fourth-order valence-electron chi connectivity index (χ4n) is 1.40. The van der Waals surface area contributed by atoms with Crippen LogP contribution >= 0.6 is 22.6 Å². The third kappa shape index (κ3) is 2.90. The quantitative estimate of drug-likeness (QED) is 0.663. The first kappa shape index (κ1) is 14.7. The second-order valence-corrected chi connectivity index (χ2v) is 6.43. The summed E-state index contributed by atoms with van der Waals surface area (Å²) in [6.07, 6.45) is 0.895. The number of hydrogen-bond donors (Lipinski definition) is 3. The molecule has 0 unspecified atom stereocenters. The van der Waals surface area contributed by atoms with E-state index in [1.54, 1.807) is 22.6 Å². The molecular formula is C10H7FIN3O4S. The largest absolute Gasteiger partial charge is 0.478 e. The van der Waals surface area contributed by atoms with Gasteiger partial charge in [0.15, 0.2) is 5.03 Å². The van der Waals surface area contributed by atoms with Gasteiger partial charge in [-0.1, -0.05) is 0 Å². The lowest BCUT2D eigenvalue weighted by atomic mass is 10.3. The van der Waals surface area contributed by atoms with E-state index in [0.717, 1.165) is 18.3 Å². The Labute approximate surface area is 126 Å². The maximum Gasteiger partial charge on any atom is 0.340 e. The Balaban J connectivity index is 2.41. The second-order valence-electron chi connectivity index (χ2n) is 3.65. The molecule has 0 fully saturated rings. The Morgan fingerprint density at radius 3 is 2.75 bits per heavy atom. The number of carboxylic acids is 1. The third-order valence-corrected chi connectivity index (χ3v) is 4.51. The van der Waals surface area contributed by atoms with Gasteiger partial charge in [0.05, 0.1) is 11.9 Å². The molecule has 0 amide bonds. The molecule has 0 aliphatic heterocycles. The molecule has 0 radical (unpaired) electrons. The van der Waals surface area contributed by atoms with Crippen LogP contribution < -0.4 is 4.72 Å². The van der Waals surface area contributed by atoms with E-state index in [4.69, 9.17) is 5.11 Å². The van der Waals surface area contributed by atoms with E-state index in [9.17, 15) is 17.6 Å². The Bertz CT molecular complexity index is 775. The van der Waals surface area contributed by atoms with Crippen molar-refractivity contribution in [3.8, 4) is 0 Å². The fraction of sp³-hybridized carbons (Fsp3) is 0. The van der Waals surface area contributed by atoms with Gasteiger partial charge in [-0.3, -0.25) is 9.82 Å². The topological polar surface area (TPSA) is 112 Å². The summed E-state index contributed by atoms with van der Waals surface area (Å²) in [6, 6.07) is 3.47. The van der Waals surface area contributed by atoms with Gasteiger partial charge in [0.1, 0.15) is 11.4 Å². The summed E-state index contributed by atoms with van der Waals surface area (Å²) in [5.41, 5.74) is -0.340. The molecule has 20 heavy (non-hydrogen) atoms. The fourth-order valence-corrected chi connectivity index (χ4v) is 3.37. The van der Waals surface area contributed by atoms with Crippen LogP contribution in [0.25, 0.3) is 0 Å². The van der Waals surface area contributed by atoms with Crippen LogP contribution in [0.3, 0.4) is 0 Å². The Morgan fingerprint density at radius 2 is 2.15 bits per heavy atom. The van der Waals surface area contributed by atoms with Crippen LogP contribution in [0.15, 0.2) is 29.4 Å². The number of sulfonamides is 1. The molecule has 10 heteroatoms. The average molecular weight is 411 g/mol. The molecule has 0 saturated heterocycles. The number of aromatic carboxylic acids is 1. The zero-order valence-electron chi connectivity index (χ0n) is 9.59. The minimum absolute atomic E-state index is 0.137. The number of nitrogens with one attached hydrogen (secondary N) is 2. The van der Waals surface area contributed by atoms with Crippen LogP contribution in [0.2, 0.25) is 0 Å². The minimum Gasteiger partial charge on any atom is -0.478 e. The van der Waals surface area contributed by atoms with Gasteiger partial charge in [0.2, 0.25) is 0 Å². The first-order chi connectivity index (χ1) is 9.31. The van der Waals surface area contributed by atoms with Crippen LogP contribution in [0.5, 0.6) is 0 Å². The van der Waals surface area contributed by atoms with Gasteiger partial charge >= 0.3 is 5.97 Å². The number of nitrogens with zero attached hydrogens (tertiary/aromatic N) is 1. The van der Waals surface area contributed by atoms with Crippen LogP contribution in [0.4, 0.5) is 10.1 Å². The average Bonchev–Trinajstić information content (AvgIpc) is 2.82. The van der Waals surface area contributed by atoms with Crippen molar-refractivity contribution >= 4 is 44.3 Å². The molecule has 0 atom stereocenters. The zero-order chi connectivity index (χ0) is 14.9. The lowest BCUT2D eigenvalue weighted by Crippen LogP contribution is -2.17. The molecule has 0 aliphatic carbocycles. The van der Waals surface area contributed by atoms with E-state index in [0.29, 0.717) is 3.57 Å². The first-order valence-corrected chi connectivity index (χ1v) is 7.62. The van der Waals surface area contributed by atoms with E-state index in [-0.39, 0.29) is 5.69 Å². The monoisotopic (exact) mass is 411 g/mol. The summed E-state index contributed by atoms with van der Waals surface area (Å²) in [5.74, 6) is -1.93. The third-order valence-electron chi connectivity index (χ3n) is 2.28. The molecule has 0 bridgehead atoms. The van der Waals surface area contributed by atoms with Crippen molar-refractivity contribution in [3.63, 3.8) is 0 Å². The van der Waals surface area contributed by atoms with Crippen molar-refractivity contribution < 1.29 is 22.7 Å². The van der Waals surface area contributed by atoms with Gasteiger partial charge in [0, 0.05) is 3.57 Å². The molecule has 2 aromatic rings. The summed E-state index contributed by atoms with van der Waals surface area (Å²) in [7, 11) is -4.16. The SMILES string of the molecule is O=C(O)c1cn[nH]c1S(=O)(=O)Nc1ccc(F)cc1I. The van der Waals surface area contributed by atoms with E-state index in [1.807, 2.05) is 0 Å². The summed E-state index contributed by atoms with van der Waals surface area (Å²) in [4.78, 5) is 10.9. The molecule has 0 saturated carbocycles. The smallest absolute Gasteiger partial charge is 0.340 e. The first-order valence-electron chi connectivity index (χ1n) is 5.06. The van der Waals surface area contributed by atoms with Crippen molar-refractivity contribution in [2.45, 2.75) is 5.03 Å². The number of H-pyrrole nitrogens is 1. The van der Waals surface area contributed by atoms with Crippen molar-refractivity contribution in [2.75, 3.05) is 4.72 Å². The summed E-state index contributed by atoms with van der Waals surface area (Å²) in [6.45, 7) is 0. The van der Waals surface area contributed by atoms with Gasteiger partial charge < -0.3 is 5.11 Å². The van der Waals surface area contributed by atoms with Crippen LogP contribution in [0, 0.1) is 9.39 Å². The molecule has 106 valence electrons. The number of aromatic nitrogens is 2. The van der Waals surface area contributed by atoms with Gasteiger partial charge in [-0.15, -0.1) is 0 Å². The summed E-state index contributed by atoms with van der Waals surface area (Å²) >= 11 is 1.76. The summed E-state index contributed by atoms with van der Waals surface area (Å²) < 4.78 is 39.6. The van der Waals surface area contributed by atoms with Crippen molar-refractivity contribution in [2.24, 2.45) is 0 Å². The maximum atomic E-state index is 12.9. The van der Waals surface area contributed by atoms with Crippen molar-refractivity contribution in [1.82, 2.24) is 10.2 Å². The molecule has 1 aromatic heterocycles. The number of aromatic amines is 1. The summed E-state index contributed by atoms with van der Waals surface area (Å²) in [5, 5.41) is 13.8. The number of halogens is 2. The van der Waals surface area contributed by atoms with Crippen molar-refractivity contribution in [1.29, 1.82) is 0 Å². The lowest BCUT2D eigenvalue weighted by Gasteiger charge is -2.09. The highest BCUT2D eigenvalue weighted by atomic mass is 127. The van der Waals surface area contributed by atoms with Crippen LogP contribution in [-0.4, -0.2) is 29.7 Å². The normalized spacial score (nSPS) is 11.3. The molecule has 0 aliphatic rings. The Hall–Kier alpha value is -1.69. The van der Waals surface area contributed by atoms with Gasteiger partial charge in [-0.05, 0) is 40.8 Å². The van der Waals surface area contributed by atoms with E-state index in [1.165, 1.54) is 6.07 Å². The van der Waals surface area contributed by atoms with Crippen LogP contribution in [-0.2, 0) is 10.0 Å². The second kappa shape index (κ2) is 5.36. The highest BCUT2D eigenvalue weighted by Crippen LogP contribution is 2.23. The van der Waals surface area contributed by atoms with E-state index >= 15 is 0 Å². The molecule has 1 heterocycles. The van der Waals surface area contributed by atoms with Gasteiger partial charge in [-0.2, -0.15) is 13.5 Å². The molecule has 7 nitrogen and oxygen atoms in total. The van der Waals surface area contributed by atoms with Crippen molar-refractivity contribution in [3.05, 3.63) is 39.3 Å². The number of hydrogen-bond acceptors (Lipinski definition) is 4. The molecule has 1 aromatic carbocycles. The maximum absolute atomic E-state index is 12.9. The number of anilines is 1. The number of rotatable bonds is 4. The molecular weight excluding hydrogens is 404 g/mol. The number of benzene rings is 1. The lowest BCUT2D eigenvalue weighted by molar-refractivity contribution is 0.0692. The zero-order valence-corrected chi connectivity index (χ0v) is 12.6. The number of carboxylic acid groups (broad SMARTS) is 1. The van der Waals surface area contributed by atoms with Crippen LogP contribution in [0.1, 0.15) is 10.4 Å². The predicted molar refractivity (Wildman–Crippen MR) is 75.5 cm³/mol. The minimum atomic E-state index is -4.16. The van der Waals surface area contributed by atoms with E-state index < -0.39 is 32.4 Å². The molecule has 3 N–H and O–H groups in total. The molecule has 0 spiro atoms. The highest BCUT2D eigenvalue weighted by Gasteiger charge is 2.25. The van der Waals surface area contributed by atoms with Gasteiger partial charge in [0.25, 0.3) is 10.0 Å². The molecule has 2 rings (SSSR count). The standard InChI is InChI=1S/C10H7FIN3O4S/c11-5-1-2-8(7(12)3-5)15-20(18,19)9-6(10(16)17)4-13-14-9/h1-4,15H,(H,13,14)(H,16,17). The Kier molecular flexibility index (Phi) is 3.94. The van der Waals surface area contributed by atoms with E-state index in [2.05, 4.69) is 14.9 Å². The number of carbonyl (C=O) groups is 1. The predicted octanol–water partition coefficient (Wildman–Crippen LogP) is 1.65.